The van der Waals surface area contributed by atoms with Crippen LogP contribution >= 0.6 is 0 Å². The minimum absolute atomic E-state index is 0.440. The van der Waals surface area contributed by atoms with E-state index in [1.807, 2.05) is 12.3 Å². The van der Waals surface area contributed by atoms with Gasteiger partial charge in [0.2, 0.25) is 0 Å². The van der Waals surface area contributed by atoms with E-state index < -0.39 is 0 Å². The van der Waals surface area contributed by atoms with Gasteiger partial charge in [0, 0.05) is 12.2 Å². The molecule has 1 atom stereocenters. The average molecular weight is 193 g/mol. The second kappa shape index (κ2) is 6.49. The van der Waals surface area contributed by atoms with Gasteiger partial charge in [-0.1, -0.05) is 20.3 Å². The zero-order chi connectivity index (χ0) is 10.2. The lowest BCUT2D eigenvalue weighted by Gasteiger charge is -2.17. The van der Waals surface area contributed by atoms with Crippen molar-refractivity contribution in [2.24, 2.45) is 0 Å². The number of hydrogen-bond donors (Lipinski definition) is 1. The highest BCUT2D eigenvalue weighted by molar-refractivity contribution is 5.11. The summed E-state index contributed by atoms with van der Waals surface area (Å²) in [4.78, 5) is 0. The molecule has 1 heterocycles. The molecule has 0 aliphatic heterocycles. The van der Waals surface area contributed by atoms with Crippen LogP contribution < -0.4 is 5.32 Å². The summed E-state index contributed by atoms with van der Waals surface area (Å²) in [5.74, 6) is 0. The fourth-order valence-corrected chi connectivity index (χ4v) is 1.50. The second-order valence-corrected chi connectivity index (χ2v) is 3.47. The highest BCUT2D eigenvalue weighted by Gasteiger charge is 2.08. The first kappa shape index (κ1) is 11.1. The van der Waals surface area contributed by atoms with Crippen LogP contribution in [0.3, 0.4) is 0 Å². The van der Waals surface area contributed by atoms with Gasteiger partial charge in [0.05, 0.1) is 6.20 Å². The molecule has 1 aromatic rings. The second-order valence-electron chi connectivity index (χ2n) is 3.47. The van der Waals surface area contributed by atoms with E-state index in [1.54, 1.807) is 6.20 Å². The van der Waals surface area contributed by atoms with Crippen LogP contribution in [0.5, 0.6) is 0 Å². The molecule has 0 amide bonds. The lowest BCUT2D eigenvalue weighted by Crippen LogP contribution is -2.22. The zero-order valence-electron chi connectivity index (χ0n) is 9.03. The molecule has 0 bridgehead atoms. The van der Waals surface area contributed by atoms with Gasteiger partial charge < -0.3 is 5.32 Å². The van der Waals surface area contributed by atoms with Gasteiger partial charge in [-0.25, -0.2) is 0 Å². The summed E-state index contributed by atoms with van der Waals surface area (Å²) in [7, 11) is 0. The van der Waals surface area contributed by atoms with Crippen molar-refractivity contribution < 1.29 is 0 Å². The fourth-order valence-electron chi connectivity index (χ4n) is 1.50. The lowest BCUT2D eigenvalue weighted by atomic mass is 10.1. The van der Waals surface area contributed by atoms with Gasteiger partial charge in [0.25, 0.3) is 0 Å². The molecule has 0 radical (unpaired) electrons. The number of aromatic nitrogens is 2. The van der Waals surface area contributed by atoms with Gasteiger partial charge in [0.1, 0.15) is 0 Å². The van der Waals surface area contributed by atoms with Crippen LogP contribution in [0.1, 0.15) is 44.7 Å². The Balaban J connectivity index is 2.58. The molecule has 1 rings (SSSR count). The van der Waals surface area contributed by atoms with Gasteiger partial charge in [0.15, 0.2) is 0 Å². The Hall–Kier alpha value is -0.960. The van der Waals surface area contributed by atoms with Gasteiger partial charge >= 0.3 is 0 Å². The third-order valence-electron chi connectivity index (χ3n) is 2.23. The van der Waals surface area contributed by atoms with Crippen LogP contribution in [0, 0.1) is 0 Å². The Morgan fingerprint density at radius 2 is 2.14 bits per heavy atom. The van der Waals surface area contributed by atoms with Gasteiger partial charge in [-0.05, 0) is 31.0 Å². The molecule has 0 aromatic carbocycles. The molecule has 14 heavy (non-hydrogen) atoms. The minimum Gasteiger partial charge on any atom is -0.310 e. The molecule has 1 unspecified atom stereocenters. The van der Waals surface area contributed by atoms with Crippen LogP contribution in [-0.4, -0.2) is 16.7 Å². The lowest BCUT2D eigenvalue weighted by molar-refractivity contribution is 0.492. The summed E-state index contributed by atoms with van der Waals surface area (Å²) in [6, 6.07) is 2.48. The van der Waals surface area contributed by atoms with E-state index in [4.69, 9.17) is 0 Å². The smallest absolute Gasteiger partial charge is 0.0544 e. The van der Waals surface area contributed by atoms with Crippen LogP contribution in [0.15, 0.2) is 18.5 Å². The first-order valence-corrected chi connectivity index (χ1v) is 5.38. The van der Waals surface area contributed by atoms with Crippen LogP contribution in [-0.2, 0) is 0 Å². The van der Waals surface area contributed by atoms with Crippen molar-refractivity contribution in [1.82, 2.24) is 15.5 Å². The van der Waals surface area contributed by atoms with Crippen LogP contribution in [0.25, 0.3) is 0 Å². The van der Waals surface area contributed by atoms with Crippen molar-refractivity contribution in [3.8, 4) is 0 Å². The third-order valence-corrected chi connectivity index (χ3v) is 2.23. The summed E-state index contributed by atoms with van der Waals surface area (Å²) >= 11 is 0. The van der Waals surface area contributed by atoms with E-state index in [0.29, 0.717) is 6.04 Å². The monoisotopic (exact) mass is 193 g/mol. The third kappa shape index (κ3) is 3.42. The van der Waals surface area contributed by atoms with E-state index in [9.17, 15) is 0 Å². The first-order valence-electron chi connectivity index (χ1n) is 5.38. The van der Waals surface area contributed by atoms with E-state index in [2.05, 4.69) is 29.4 Å². The maximum absolute atomic E-state index is 3.91. The molecule has 0 fully saturated rings. The number of rotatable bonds is 6. The van der Waals surface area contributed by atoms with E-state index in [-0.39, 0.29) is 0 Å². The van der Waals surface area contributed by atoms with Crippen LogP contribution in [0.2, 0.25) is 0 Å². The predicted octanol–water partition coefficient (Wildman–Crippen LogP) is 2.32. The van der Waals surface area contributed by atoms with Crippen molar-refractivity contribution in [1.29, 1.82) is 0 Å². The molecule has 3 heteroatoms. The van der Waals surface area contributed by atoms with Crippen molar-refractivity contribution in [2.75, 3.05) is 6.54 Å². The Kier molecular flexibility index (Phi) is 5.15. The Bertz CT molecular complexity index is 236. The fraction of sp³-hybridized carbons (Fsp3) is 0.636. The van der Waals surface area contributed by atoms with Crippen LogP contribution in [0.4, 0.5) is 0 Å². The van der Waals surface area contributed by atoms with Crippen molar-refractivity contribution in [3.63, 3.8) is 0 Å². The van der Waals surface area contributed by atoms with Crippen molar-refractivity contribution in [2.45, 2.75) is 39.2 Å². The molecule has 3 nitrogen and oxygen atoms in total. The molecule has 0 aliphatic carbocycles. The number of nitrogens with zero attached hydrogens (tertiary/aromatic N) is 2. The minimum atomic E-state index is 0.440. The molecule has 0 saturated heterocycles. The molecule has 0 saturated carbocycles. The Labute approximate surface area is 85.9 Å². The first-order chi connectivity index (χ1) is 6.88. The standard InChI is InChI=1S/C11H19N3/c1-3-5-11(12-7-4-2)10-6-8-13-14-9-10/h6,8-9,11-12H,3-5,7H2,1-2H3. The number of nitrogens with one attached hydrogen (secondary N) is 1. The normalized spacial score (nSPS) is 12.7. The molecule has 78 valence electrons. The summed E-state index contributed by atoms with van der Waals surface area (Å²) < 4.78 is 0. The molecular formula is C11H19N3. The molecule has 0 spiro atoms. The average Bonchev–Trinajstić information content (AvgIpc) is 2.25. The van der Waals surface area contributed by atoms with Gasteiger partial charge in [-0.15, -0.1) is 0 Å². The predicted molar refractivity (Wildman–Crippen MR) is 58.0 cm³/mol. The molecule has 1 aromatic heterocycles. The van der Waals surface area contributed by atoms with E-state index in [1.165, 1.54) is 18.4 Å². The van der Waals surface area contributed by atoms with Crippen molar-refractivity contribution >= 4 is 0 Å². The highest BCUT2D eigenvalue weighted by atomic mass is 15.1. The SMILES string of the molecule is CCCNC(CCC)c1ccnnc1. The molecule has 0 aliphatic rings. The maximum atomic E-state index is 3.91. The van der Waals surface area contributed by atoms with E-state index in [0.717, 1.165) is 13.0 Å². The summed E-state index contributed by atoms with van der Waals surface area (Å²) in [5.41, 5.74) is 1.25. The van der Waals surface area contributed by atoms with Gasteiger partial charge in [-0.3, -0.25) is 0 Å². The Morgan fingerprint density at radius 3 is 2.71 bits per heavy atom. The zero-order valence-corrected chi connectivity index (χ0v) is 9.03. The number of hydrogen-bond acceptors (Lipinski definition) is 3. The maximum Gasteiger partial charge on any atom is 0.0544 e. The van der Waals surface area contributed by atoms with Crippen molar-refractivity contribution in [3.05, 3.63) is 24.0 Å². The van der Waals surface area contributed by atoms with E-state index >= 15 is 0 Å². The molecular weight excluding hydrogens is 174 g/mol. The molecule has 1 N–H and O–H groups in total. The Morgan fingerprint density at radius 1 is 1.29 bits per heavy atom. The highest BCUT2D eigenvalue weighted by Crippen LogP contribution is 2.16. The quantitative estimate of drug-likeness (QED) is 0.753. The summed E-state index contributed by atoms with van der Waals surface area (Å²) in [6.07, 6.45) is 7.11. The summed E-state index contributed by atoms with van der Waals surface area (Å²) in [5, 5.41) is 11.2. The largest absolute Gasteiger partial charge is 0.310 e. The topological polar surface area (TPSA) is 37.8 Å². The van der Waals surface area contributed by atoms with Gasteiger partial charge in [-0.2, -0.15) is 10.2 Å². The summed E-state index contributed by atoms with van der Waals surface area (Å²) in [6.45, 7) is 5.45.